The first kappa shape index (κ1) is 25.5. The van der Waals surface area contributed by atoms with Gasteiger partial charge in [0.2, 0.25) is 0 Å². The minimum Gasteiger partial charge on any atom is -0.0675 e. The Morgan fingerprint density at radius 2 is 1.19 bits per heavy atom. The van der Waals surface area contributed by atoms with Crippen LogP contribution in [0, 0.1) is 0 Å². The van der Waals surface area contributed by atoms with Gasteiger partial charge in [-0.25, -0.2) is 0 Å². The van der Waals surface area contributed by atoms with Crippen LogP contribution in [0.5, 0.6) is 0 Å². The molecule has 1 aliphatic carbocycles. The Labute approximate surface area is 224 Å². The van der Waals surface area contributed by atoms with E-state index in [0.29, 0.717) is 0 Å². The van der Waals surface area contributed by atoms with E-state index in [0.717, 1.165) is 0 Å². The summed E-state index contributed by atoms with van der Waals surface area (Å²) in [4.78, 5) is 0. The first-order chi connectivity index (χ1) is 17.8. The average Bonchev–Trinajstić information content (AvgIpc) is 3.30. The van der Waals surface area contributed by atoms with Crippen molar-refractivity contribution in [3.63, 3.8) is 0 Å². The topological polar surface area (TPSA) is 0 Å². The minimum atomic E-state index is -1.41. The minimum absolute atomic E-state index is 0.137. The summed E-state index contributed by atoms with van der Waals surface area (Å²) in [7, 11) is -1.41. The molecule has 0 saturated carbocycles. The van der Waals surface area contributed by atoms with Crippen LogP contribution in [0.15, 0.2) is 91.0 Å². The van der Waals surface area contributed by atoms with Crippen LogP contribution in [-0.4, -0.2) is 8.07 Å². The Hall–Kier alpha value is -3.16. The second-order valence-corrected chi connectivity index (χ2v) is 16.9. The van der Waals surface area contributed by atoms with Crippen LogP contribution in [-0.2, 0) is 5.41 Å². The molecule has 0 aliphatic heterocycles. The van der Waals surface area contributed by atoms with E-state index in [9.17, 15) is 0 Å². The van der Waals surface area contributed by atoms with Crippen molar-refractivity contribution in [3.05, 3.63) is 124 Å². The lowest BCUT2D eigenvalue weighted by molar-refractivity contribution is 0.590. The molecule has 0 atom stereocenters. The Morgan fingerprint density at radius 1 is 0.622 bits per heavy atom. The molecule has 4 aromatic rings. The molecule has 37 heavy (non-hydrogen) atoms. The molecule has 0 heterocycles. The van der Waals surface area contributed by atoms with Gasteiger partial charge in [-0.15, -0.1) is 0 Å². The fraction of sp³-hybridized carbons (Fsp3) is 0.278. The Morgan fingerprint density at radius 3 is 1.78 bits per heavy atom. The molecule has 0 saturated heterocycles. The fourth-order valence-corrected chi connectivity index (χ4v) is 9.76. The summed E-state index contributed by atoms with van der Waals surface area (Å²) < 4.78 is 0. The largest absolute Gasteiger partial charge is 0.0859 e. The van der Waals surface area contributed by atoms with Gasteiger partial charge >= 0.3 is 0 Å². The summed E-state index contributed by atoms with van der Waals surface area (Å²) in [6, 6.07) is 38.5. The quantitative estimate of drug-likeness (QED) is 0.209. The monoisotopic (exact) mass is 500 g/mol. The molecule has 0 bridgehead atoms. The molecule has 1 heteroatoms. The summed E-state index contributed by atoms with van der Waals surface area (Å²) in [5, 5.41) is 4.25. The first-order valence-electron chi connectivity index (χ1n) is 14.0. The number of benzene rings is 4. The molecule has 0 N–H and O–H groups in total. The summed E-state index contributed by atoms with van der Waals surface area (Å²) >= 11 is 0. The fourth-order valence-electron chi connectivity index (χ4n) is 6.16. The van der Waals surface area contributed by atoms with Crippen LogP contribution in [0.4, 0.5) is 0 Å². The molecule has 1 aliphatic rings. The predicted molar refractivity (Wildman–Crippen MR) is 165 cm³/mol. The lowest BCUT2D eigenvalue weighted by Gasteiger charge is -2.29. The van der Waals surface area contributed by atoms with Crippen molar-refractivity contribution >= 4 is 24.9 Å². The smallest absolute Gasteiger partial charge is 0.0675 e. The molecule has 0 spiro atoms. The van der Waals surface area contributed by atoms with E-state index in [1.807, 2.05) is 0 Å². The maximum absolute atomic E-state index is 2.45. The third-order valence-electron chi connectivity index (χ3n) is 8.78. The van der Waals surface area contributed by atoms with Crippen molar-refractivity contribution in [1.29, 1.82) is 0 Å². The maximum Gasteiger partial charge on any atom is 0.0859 e. The summed E-state index contributed by atoms with van der Waals surface area (Å²) in [5.74, 6) is 0. The molecular weight excluding hydrogens is 460 g/mol. The number of hydrogen-bond acceptors (Lipinski definition) is 0. The third kappa shape index (κ3) is 4.55. The van der Waals surface area contributed by atoms with E-state index in [1.165, 1.54) is 67.5 Å². The molecule has 0 aromatic heterocycles. The molecule has 188 valence electrons. The lowest BCUT2D eigenvalue weighted by Crippen LogP contribution is -2.45. The van der Waals surface area contributed by atoms with Crippen LogP contribution in [0.1, 0.15) is 63.8 Å². The summed E-state index contributed by atoms with van der Waals surface area (Å²) in [6.07, 6.45) is 2.38. The highest BCUT2D eigenvalue weighted by molar-refractivity contribution is 6.91. The number of rotatable bonds is 6. The van der Waals surface area contributed by atoms with E-state index in [-0.39, 0.29) is 5.41 Å². The zero-order valence-corrected chi connectivity index (χ0v) is 24.4. The standard InChI is InChI=1S/C36H40Si/c1-7-37(8-2,9-3)30-23-19-27(20-24-30)35(26-17-21-29(22-18-26)36(4,5)6)33-16-12-15-32-31-14-11-10-13-28(31)25-34(32)33/h10-25H,7-9H2,1-6H3. The maximum atomic E-state index is 2.45. The number of hydrogen-bond donors (Lipinski definition) is 0. The van der Waals surface area contributed by atoms with Crippen molar-refractivity contribution in [2.24, 2.45) is 0 Å². The highest BCUT2D eigenvalue weighted by Gasteiger charge is 2.29. The second-order valence-electron chi connectivity index (χ2n) is 11.6. The van der Waals surface area contributed by atoms with Gasteiger partial charge in [-0.1, -0.05) is 156 Å². The van der Waals surface area contributed by atoms with E-state index in [1.54, 1.807) is 5.19 Å². The van der Waals surface area contributed by atoms with E-state index < -0.39 is 8.07 Å². The molecule has 0 unspecified atom stereocenters. The second kappa shape index (κ2) is 9.95. The van der Waals surface area contributed by atoms with Crippen molar-refractivity contribution in [3.8, 4) is 11.1 Å². The van der Waals surface area contributed by atoms with E-state index in [4.69, 9.17) is 0 Å². The molecule has 4 aromatic carbocycles. The van der Waals surface area contributed by atoms with Crippen LogP contribution in [0.25, 0.3) is 22.8 Å². The Kier molecular flexibility index (Phi) is 6.85. The van der Waals surface area contributed by atoms with Gasteiger partial charge in [-0.05, 0) is 60.9 Å². The predicted octanol–water partition coefficient (Wildman–Crippen LogP) is 7.76. The van der Waals surface area contributed by atoms with Crippen molar-refractivity contribution in [2.45, 2.75) is 65.1 Å². The molecule has 0 nitrogen and oxygen atoms in total. The highest BCUT2D eigenvalue weighted by atomic mass is 28.3. The third-order valence-corrected chi connectivity index (χ3v) is 14.4. The summed E-state index contributed by atoms with van der Waals surface area (Å²) in [5.41, 5.74) is 9.40. The van der Waals surface area contributed by atoms with Crippen molar-refractivity contribution in [2.75, 3.05) is 0 Å². The molecule has 0 amide bonds. The van der Waals surface area contributed by atoms with Gasteiger partial charge in [0.15, 0.2) is 0 Å². The van der Waals surface area contributed by atoms with Gasteiger partial charge < -0.3 is 0 Å². The van der Waals surface area contributed by atoms with Gasteiger partial charge in [0.05, 0.1) is 8.07 Å². The van der Waals surface area contributed by atoms with Gasteiger partial charge in [0, 0.05) is 0 Å². The Balaban J connectivity index is 1.77. The number of fused-ring (bicyclic) bond motifs is 3. The van der Waals surface area contributed by atoms with Gasteiger partial charge in [-0.3, -0.25) is 0 Å². The molecular formula is C36H40Si. The van der Waals surface area contributed by atoms with Crippen LogP contribution >= 0.6 is 0 Å². The van der Waals surface area contributed by atoms with Gasteiger partial charge in [0.25, 0.3) is 0 Å². The zero-order valence-electron chi connectivity index (χ0n) is 23.4. The van der Waals surface area contributed by atoms with Crippen molar-refractivity contribution in [1.82, 2.24) is 0 Å². The normalized spacial score (nSPS) is 13.6. The van der Waals surface area contributed by atoms with Crippen LogP contribution in [0.3, 0.4) is 0 Å². The lowest BCUT2D eigenvalue weighted by atomic mass is 9.85. The van der Waals surface area contributed by atoms with Crippen LogP contribution in [0.2, 0.25) is 18.1 Å². The zero-order chi connectivity index (χ0) is 26.2. The summed E-state index contributed by atoms with van der Waals surface area (Å²) in [6.45, 7) is 14.0. The highest BCUT2D eigenvalue weighted by Crippen LogP contribution is 2.29. The average molecular weight is 501 g/mol. The van der Waals surface area contributed by atoms with E-state index in [2.05, 4.69) is 139 Å². The first-order valence-corrected chi connectivity index (χ1v) is 16.6. The molecule has 0 radical (unpaired) electrons. The molecule has 0 fully saturated rings. The van der Waals surface area contributed by atoms with E-state index >= 15 is 0 Å². The van der Waals surface area contributed by atoms with Crippen molar-refractivity contribution < 1.29 is 0 Å². The molecule has 5 rings (SSSR count). The van der Waals surface area contributed by atoms with Crippen LogP contribution < -0.4 is 15.6 Å². The van der Waals surface area contributed by atoms with Gasteiger partial charge in [0.1, 0.15) is 0 Å². The Bertz CT molecular complexity index is 1520. The SMILES string of the molecule is CC[Si](CC)(CC)c1ccc(C(c2ccc(C(C)(C)C)cc2)=c2cccc3c2=Cc2ccccc2-3)cc1. The van der Waals surface area contributed by atoms with Gasteiger partial charge in [-0.2, -0.15) is 0 Å².